The van der Waals surface area contributed by atoms with E-state index in [1.807, 2.05) is 19.1 Å². The van der Waals surface area contributed by atoms with Crippen LogP contribution in [0.4, 0.5) is 0 Å². The average molecular weight is 737 g/mol. The molecule has 0 radical (unpaired) electrons. The molecule has 2 aromatic rings. The Balaban J connectivity index is 0.000000545. The molecule has 2 aromatic carbocycles. The number of unbranched alkanes of at least 4 members (excludes halogenated alkanes) is 14. The van der Waals surface area contributed by atoms with Gasteiger partial charge in [-0.3, -0.25) is 0 Å². The fourth-order valence-corrected chi connectivity index (χ4v) is 6.48. The van der Waals surface area contributed by atoms with Gasteiger partial charge in [0.2, 0.25) is 0 Å². The van der Waals surface area contributed by atoms with Gasteiger partial charge in [0.1, 0.15) is 27.6 Å². The topological polar surface area (TPSA) is 18.5 Å². The summed E-state index contributed by atoms with van der Waals surface area (Å²) < 4.78 is 12.1. The van der Waals surface area contributed by atoms with E-state index in [0.717, 1.165) is 58.8 Å². The molecular formula is C48H72O2Si2. The molecule has 0 atom stereocenters. The Morgan fingerprint density at radius 3 is 1.23 bits per heavy atom. The van der Waals surface area contributed by atoms with E-state index in [4.69, 9.17) is 22.3 Å². The van der Waals surface area contributed by atoms with E-state index in [2.05, 4.69) is 107 Å². The predicted molar refractivity (Wildman–Crippen MR) is 235 cm³/mol. The molecule has 2 rings (SSSR count). The first-order valence-corrected chi connectivity index (χ1v) is 27.3. The normalized spacial score (nSPS) is 10.8. The lowest BCUT2D eigenvalue weighted by atomic mass is 10.0. The van der Waals surface area contributed by atoms with E-state index in [1.54, 1.807) is 0 Å². The summed E-state index contributed by atoms with van der Waals surface area (Å²) in [6.45, 7) is 23.8. The van der Waals surface area contributed by atoms with E-state index in [-0.39, 0.29) is 0 Å². The van der Waals surface area contributed by atoms with Crippen LogP contribution in [0.3, 0.4) is 0 Å². The molecule has 284 valence electrons. The minimum absolute atomic E-state index is 0.705. The molecule has 0 heterocycles. The van der Waals surface area contributed by atoms with E-state index in [0.29, 0.717) is 6.61 Å². The second-order valence-corrected chi connectivity index (χ2v) is 25.8. The molecule has 0 saturated carbocycles. The van der Waals surface area contributed by atoms with Gasteiger partial charge in [0, 0.05) is 11.1 Å². The van der Waals surface area contributed by atoms with Crippen LogP contribution in [-0.4, -0.2) is 29.4 Å². The molecule has 0 saturated heterocycles. The molecule has 0 aromatic heterocycles. The van der Waals surface area contributed by atoms with Crippen molar-refractivity contribution in [2.75, 3.05) is 13.2 Å². The standard InChI is InChI=1S/C27H44OSi2.C21H28O/c1-9-10-11-12-13-14-15-16-19-28-27-23-25(17-20-29(3,4)5)24(2)22-26(27)18-21-30(6,7)8;1-5-8-9-10-11-12-13-14-15-22-21-17-19(6-2)18(4)16-20(21)7-3/h22-23H,9-16,19H2,1-8H3;2-3,16-17H,5,8-15H2,1,4H3. The molecule has 52 heavy (non-hydrogen) atoms. The van der Waals surface area contributed by atoms with Crippen LogP contribution in [0.15, 0.2) is 24.3 Å². The number of hydrogen-bond acceptors (Lipinski definition) is 2. The van der Waals surface area contributed by atoms with Gasteiger partial charge in [0.05, 0.1) is 24.3 Å². The quantitative estimate of drug-likeness (QED) is 0.0765. The molecule has 2 nitrogen and oxygen atoms in total. The lowest BCUT2D eigenvalue weighted by Crippen LogP contribution is -2.16. The summed E-state index contributed by atoms with van der Waals surface area (Å²) in [6.07, 6.45) is 31.8. The number of terminal acetylenes is 2. The molecule has 0 aliphatic carbocycles. The average Bonchev–Trinajstić information content (AvgIpc) is 3.09. The van der Waals surface area contributed by atoms with E-state index >= 15 is 0 Å². The van der Waals surface area contributed by atoms with Gasteiger partial charge in [-0.15, -0.1) is 23.9 Å². The summed E-state index contributed by atoms with van der Waals surface area (Å²) in [5.41, 5.74) is 13.0. The largest absolute Gasteiger partial charge is 0.492 e. The third-order valence-corrected chi connectivity index (χ3v) is 10.4. The molecule has 0 N–H and O–H groups in total. The maximum atomic E-state index is 6.23. The monoisotopic (exact) mass is 737 g/mol. The third-order valence-electron chi connectivity index (χ3n) is 8.62. The second-order valence-electron chi connectivity index (χ2n) is 16.3. The van der Waals surface area contributed by atoms with Crippen LogP contribution in [0.1, 0.15) is 150 Å². The smallest absolute Gasteiger partial charge is 0.136 e. The molecule has 0 fully saturated rings. The summed E-state index contributed by atoms with van der Waals surface area (Å²) in [5.74, 6) is 13.8. The van der Waals surface area contributed by atoms with Crippen LogP contribution < -0.4 is 9.47 Å². The number of aryl methyl sites for hydroxylation is 2. The fourth-order valence-electron chi connectivity index (χ4n) is 5.46. The first-order chi connectivity index (χ1) is 24.7. The van der Waals surface area contributed by atoms with Crippen LogP contribution in [0.2, 0.25) is 39.3 Å². The minimum Gasteiger partial charge on any atom is -0.492 e. The number of benzene rings is 2. The molecule has 0 aliphatic rings. The fraction of sp³-hybridized carbons (Fsp3) is 0.583. The van der Waals surface area contributed by atoms with Gasteiger partial charge in [0.15, 0.2) is 0 Å². The van der Waals surface area contributed by atoms with Gasteiger partial charge in [-0.05, 0) is 62.1 Å². The summed E-state index contributed by atoms with van der Waals surface area (Å²) >= 11 is 0. The highest BCUT2D eigenvalue weighted by molar-refractivity contribution is 6.84. The van der Waals surface area contributed by atoms with Crippen molar-refractivity contribution in [3.63, 3.8) is 0 Å². The Kier molecular flexibility index (Phi) is 23.8. The van der Waals surface area contributed by atoms with Gasteiger partial charge < -0.3 is 9.47 Å². The lowest BCUT2D eigenvalue weighted by molar-refractivity contribution is 0.303. The zero-order chi connectivity index (χ0) is 38.8. The van der Waals surface area contributed by atoms with Gasteiger partial charge in [-0.25, -0.2) is 0 Å². The van der Waals surface area contributed by atoms with Crippen molar-refractivity contribution in [1.82, 2.24) is 0 Å². The van der Waals surface area contributed by atoms with Gasteiger partial charge in [-0.2, -0.15) is 0 Å². The van der Waals surface area contributed by atoms with E-state index in [9.17, 15) is 0 Å². The molecule has 0 unspecified atom stereocenters. The zero-order valence-corrected chi connectivity index (χ0v) is 37.0. The van der Waals surface area contributed by atoms with Crippen LogP contribution in [-0.2, 0) is 0 Å². The first kappa shape index (κ1) is 46.7. The Hall–Kier alpha value is -3.29. The Labute approximate surface area is 324 Å². The van der Waals surface area contributed by atoms with Crippen molar-refractivity contribution < 1.29 is 9.47 Å². The minimum atomic E-state index is -1.44. The third kappa shape index (κ3) is 21.9. The maximum absolute atomic E-state index is 6.23. The van der Waals surface area contributed by atoms with Crippen molar-refractivity contribution in [2.45, 2.75) is 170 Å². The van der Waals surface area contributed by atoms with Gasteiger partial charge in [0.25, 0.3) is 0 Å². The highest BCUT2D eigenvalue weighted by Crippen LogP contribution is 2.25. The zero-order valence-electron chi connectivity index (χ0n) is 35.0. The Bertz CT molecular complexity index is 1530. The first-order valence-electron chi connectivity index (χ1n) is 20.3. The van der Waals surface area contributed by atoms with Crippen molar-refractivity contribution in [1.29, 1.82) is 0 Å². The van der Waals surface area contributed by atoms with Crippen LogP contribution in [0.25, 0.3) is 0 Å². The SMILES string of the molecule is C#Cc1cc(OCCCCCCCCCC)c(C#C)cc1C.CCCCCCCCCCOc1cc(C#C[Si](C)(C)C)c(C)cc1C#C[Si](C)(C)C. The molecular weight excluding hydrogens is 665 g/mol. The van der Waals surface area contributed by atoms with Crippen molar-refractivity contribution in [2.24, 2.45) is 0 Å². The van der Waals surface area contributed by atoms with Crippen LogP contribution >= 0.6 is 0 Å². The number of ether oxygens (including phenoxy) is 2. The molecule has 4 heteroatoms. The van der Waals surface area contributed by atoms with Crippen molar-refractivity contribution in [3.8, 4) is 59.1 Å². The van der Waals surface area contributed by atoms with E-state index in [1.165, 1.54) is 95.5 Å². The van der Waals surface area contributed by atoms with Crippen LogP contribution in [0.5, 0.6) is 11.5 Å². The van der Waals surface area contributed by atoms with Gasteiger partial charge >= 0.3 is 0 Å². The maximum Gasteiger partial charge on any atom is 0.136 e. The lowest BCUT2D eigenvalue weighted by Gasteiger charge is -2.12. The molecule has 0 spiro atoms. The number of rotatable bonds is 20. The van der Waals surface area contributed by atoms with E-state index < -0.39 is 16.1 Å². The Morgan fingerprint density at radius 1 is 0.462 bits per heavy atom. The Morgan fingerprint density at radius 2 is 0.808 bits per heavy atom. The van der Waals surface area contributed by atoms with Crippen LogP contribution in [0, 0.1) is 61.5 Å². The summed E-state index contributed by atoms with van der Waals surface area (Å²) in [5, 5.41) is 0. The summed E-state index contributed by atoms with van der Waals surface area (Å²) in [7, 11) is -2.85. The summed E-state index contributed by atoms with van der Waals surface area (Å²) in [6, 6.07) is 8.11. The molecule has 0 amide bonds. The van der Waals surface area contributed by atoms with Crippen molar-refractivity contribution in [3.05, 3.63) is 57.6 Å². The second kappa shape index (κ2) is 26.5. The number of hydrogen-bond donors (Lipinski definition) is 0. The summed E-state index contributed by atoms with van der Waals surface area (Å²) in [4.78, 5) is 0. The molecule has 0 aliphatic heterocycles. The predicted octanol–water partition coefficient (Wildman–Crippen LogP) is 13.4. The van der Waals surface area contributed by atoms with Gasteiger partial charge in [-0.1, -0.05) is 167 Å². The van der Waals surface area contributed by atoms with Crippen molar-refractivity contribution >= 4 is 16.1 Å². The highest BCUT2D eigenvalue weighted by atomic mass is 28.3. The molecule has 0 bridgehead atoms. The highest BCUT2D eigenvalue weighted by Gasteiger charge is 2.12.